The SMILES string of the molecule is CCCCN1C(=CC=CC2=[N+](CCCCCC(=O)C(C)C)c3ccc4c(C)cc(S(=O)(=O)O)cc4c3C2(C)C)C(C)(CCCS(=O)(=O)O)c2c1ccc1c(C)cc(S(=O)(=O)O)cc21. The van der Waals surface area contributed by atoms with Gasteiger partial charge < -0.3 is 4.90 Å². The number of allylic oxidation sites excluding steroid dienone is 4. The Bertz CT molecular complexity index is 2930. The summed E-state index contributed by atoms with van der Waals surface area (Å²) in [5.74, 6) is -0.253. The van der Waals surface area contributed by atoms with Crippen molar-refractivity contribution in [3.05, 3.63) is 94.7 Å². The van der Waals surface area contributed by atoms with E-state index in [1.165, 1.54) is 18.2 Å². The van der Waals surface area contributed by atoms with Crippen LogP contribution in [0.3, 0.4) is 0 Å². The summed E-state index contributed by atoms with van der Waals surface area (Å²) in [5.41, 5.74) is 5.08. The quantitative estimate of drug-likeness (QED) is 0.0490. The lowest BCUT2D eigenvalue weighted by atomic mass is 9.75. The van der Waals surface area contributed by atoms with Crippen LogP contribution in [-0.4, -0.2) is 73.8 Å². The molecule has 340 valence electrons. The van der Waals surface area contributed by atoms with Crippen LogP contribution < -0.4 is 4.90 Å². The first-order valence-corrected chi connectivity index (χ1v) is 26.2. The Kier molecular flexibility index (Phi) is 13.7. The highest BCUT2D eigenvalue weighted by molar-refractivity contribution is 7.86. The Morgan fingerprint density at radius 2 is 1.35 bits per heavy atom. The van der Waals surface area contributed by atoms with Crippen molar-refractivity contribution in [2.24, 2.45) is 5.92 Å². The number of hydrogen-bond acceptors (Lipinski definition) is 8. The molecule has 0 saturated heterocycles. The maximum Gasteiger partial charge on any atom is 0.294 e. The van der Waals surface area contributed by atoms with Crippen molar-refractivity contribution in [3.8, 4) is 0 Å². The number of anilines is 1. The van der Waals surface area contributed by atoms with E-state index in [9.17, 15) is 43.7 Å². The minimum absolute atomic E-state index is 0.0214. The predicted molar refractivity (Wildman–Crippen MR) is 251 cm³/mol. The summed E-state index contributed by atoms with van der Waals surface area (Å²) in [7, 11) is -13.4. The number of carbonyl (C=O) groups excluding carboxylic acids is 1. The van der Waals surface area contributed by atoms with E-state index in [-0.39, 0.29) is 34.3 Å². The van der Waals surface area contributed by atoms with E-state index < -0.39 is 46.9 Å². The van der Waals surface area contributed by atoms with E-state index in [4.69, 9.17) is 0 Å². The minimum Gasteiger partial charge on any atom is -0.344 e. The summed E-state index contributed by atoms with van der Waals surface area (Å²) in [4.78, 5) is 14.2. The van der Waals surface area contributed by atoms with Crippen molar-refractivity contribution in [1.29, 1.82) is 0 Å². The maximum atomic E-state index is 12.5. The average Bonchev–Trinajstić information content (AvgIpc) is 3.54. The third-order valence-electron chi connectivity index (χ3n) is 13.0. The molecule has 0 radical (unpaired) electrons. The Balaban J connectivity index is 1.54. The summed E-state index contributed by atoms with van der Waals surface area (Å²) in [6.45, 7) is 16.9. The van der Waals surface area contributed by atoms with E-state index in [2.05, 4.69) is 42.4 Å². The summed E-state index contributed by atoms with van der Waals surface area (Å²) in [6, 6.07) is 13.9. The van der Waals surface area contributed by atoms with Gasteiger partial charge in [-0.25, -0.2) is 0 Å². The van der Waals surface area contributed by atoms with Crippen molar-refractivity contribution in [2.45, 2.75) is 127 Å². The number of hydrogen-bond donors (Lipinski definition) is 3. The van der Waals surface area contributed by atoms with E-state index in [0.717, 1.165) is 76.8 Å². The number of fused-ring (bicyclic) bond motifs is 6. The molecule has 6 rings (SSSR count). The van der Waals surface area contributed by atoms with Crippen molar-refractivity contribution in [3.63, 3.8) is 0 Å². The molecule has 0 bridgehead atoms. The zero-order valence-corrected chi connectivity index (χ0v) is 40.0. The third kappa shape index (κ3) is 9.74. The standard InChI is InChI=1S/C48H60N2O10S3/c1-9-10-24-50-41-22-20-37-33(5)28-35(63(58,59)60)30-39(37)46(41)48(8,23-15-26-61(52,53)54)44(50)18-14-17-43-47(6,7)45-38-29-34(62(55,56)57)27-32(4)36(38)19-21-40(45)49(43)25-13-11-12-16-42(51)31(2)3/h14,17-22,27-31H,9-13,15-16,23-26H2,1-8H3,(H2-,52,53,54,55,56,57,58,59,60)/p+1. The highest BCUT2D eigenvalue weighted by atomic mass is 32.2. The molecule has 0 aromatic heterocycles. The smallest absolute Gasteiger partial charge is 0.294 e. The van der Waals surface area contributed by atoms with E-state index in [0.29, 0.717) is 41.4 Å². The molecule has 4 aromatic carbocycles. The van der Waals surface area contributed by atoms with Crippen molar-refractivity contribution in [2.75, 3.05) is 23.7 Å². The second-order valence-electron chi connectivity index (χ2n) is 18.3. The first-order valence-electron chi connectivity index (χ1n) is 21.7. The fourth-order valence-corrected chi connectivity index (χ4v) is 11.5. The molecule has 12 nitrogen and oxygen atoms in total. The second kappa shape index (κ2) is 18.0. The van der Waals surface area contributed by atoms with Crippen LogP contribution in [0, 0.1) is 19.8 Å². The lowest BCUT2D eigenvalue weighted by Crippen LogP contribution is -2.30. The maximum absolute atomic E-state index is 12.5. The van der Waals surface area contributed by atoms with Gasteiger partial charge in [-0.05, 0) is 147 Å². The number of benzene rings is 4. The van der Waals surface area contributed by atoms with Gasteiger partial charge in [0.05, 0.1) is 21.0 Å². The van der Waals surface area contributed by atoms with Gasteiger partial charge in [-0.1, -0.05) is 39.3 Å². The zero-order valence-electron chi connectivity index (χ0n) is 37.5. The van der Waals surface area contributed by atoms with Crippen LogP contribution in [0.2, 0.25) is 0 Å². The van der Waals surface area contributed by atoms with Crippen LogP contribution in [0.1, 0.15) is 115 Å². The van der Waals surface area contributed by atoms with Gasteiger partial charge in [0.25, 0.3) is 30.4 Å². The monoisotopic (exact) mass is 921 g/mol. The zero-order chi connectivity index (χ0) is 46.4. The molecule has 2 aliphatic rings. The number of Topliss-reactive ketones (excluding diaryl/α,β-unsaturated/α-hetero) is 1. The van der Waals surface area contributed by atoms with Crippen LogP contribution in [0.15, 0.2) is 82.2 Å². The molecule has 4 aromatic rings. The molecule has 0 fully saturated rings. The molecule has 0 amide bonds. The Hall–Kier alpha value is -4.25. The predicted octanol–water partition coefficient (Wildman–Crippen LogP) is 9.95. The van der Waals surface area contributed by atoms with Crippen LogP contribution in [-0.2, 0) is 46.0 Å². The van der Waals surface area contributed by atoms with Crippen LogP contribution in [0.25, 0.3) is 21.5 Å². The molecule has 0 spiro atoms. The highest BCUT2D eigenvalue weighted by Crippen LogP contribution is 2.54. The molecule has 3 N–H and O–H groups in total. The van der Waals surface area contributed by atoms with Crippen molar-refractivity contribution < 1.29 is 48.3 Å². The lowest BCUT2D eigenvalue weighted by Gasteiger charge is -2.31. The van der Waals surface area contributed by atoms with Gasteiger partial charge in [-0.3, -0.25) is 18.5 Å². The van der Waals surface area contributed by atoms with Crippen molar-refractivity contribution in [1.82, 2.24) is 0 Å². The minimum atomic E-state index is -4.57. The van der Waals surface area contributed by atoms with E-state index in [1.54, 1.807) is 13.0 Å². The van der Waals surface area contributed by atoms with Gasteiger partial charge in [0.15, 0.2) is 5.71 Å². The van der Waals surface area contributed by atoms with Gasteiger partial charge in [0, 0.05) is 59.8 Å². The average molecular weight is 922 g/mol. The molecular formula is C48H61N2O10S3+. The fraction of sp³-hybridized carbons (Fsp3) is 0.458. The third-order valence-corrected chi connectivity index (χ3v) is 15.5. The fourth-order valence-electron chi connectivity index (χ4n) is 9.79. The van der Waals surface area contributed by atoms with Gasteiger partial charge in [0.1, 0.15) is 12.3 Å². The lowest BCUT2D eigenvalue weighted by molar-refractivity contribution is -0.438. The topological polar surface area (TPSA) is 186 Å². The number of rotatable bonds is 18. The van der Waals surface area contributed by atoms with Crippen LogP contribution in [0.5, 0.6) is 0 Å². The number of carbonyl (C=O) groups is 1. The first-order chi connectivity index (χ1) is 29.3. The van der Waals surface area contributed by atoms with Gasteiger partial charge in [-0.15, -0.1) is 0 Å². The summed E-state index contributed by atoms with van der Waals surface area (Å²) in [6.07, 6.45) is 11.0. The van der Waals surface area contributed by atoms with Crippen LogP contribution in [0.4, 0.5) is 11.4 Å². The Labute approximate surface area is 373 Å². The van der Waals surface area contributed by atoms with E-state index >= 15 is 0 Å². The molecule has 63 heavy (non-hydrogen) atoms. The number of nitrogens with zero attached hydrogens (tertiary/aromatic N) is 2. The highest BCUT2D eigenvalue weighted by Gasteiger charge is 2.47. The molecule has 2 aliphatic heterocycles. The summed E-state index contributed by atoms with van der Waals surface area (Å²) in [5, 5.41) is 3.00. The molecule has 15 heteroatoms. The normalized spacial score (nSPS) is 18.5. The van der Waals surface area contributed by atoms with Crippen molar-refractivity contribution >= 4 is 74.8 Å². The molecule has 0 aliphatic carbocycles. The molecule has 1 unspecified atom stereocenters. The molecule has 1 atom stereocenters. The van der Waals surface area contributed by atoms with Gasteiger partial charge >= 0.3 is 0 Å². The molecule has 0 saturated carbocycles. The molecular weight excluding hydrogens is 861 g/mol. The summed E-state index contributed by atoms with van der Waals surface area (Å²) >= 11 is 0. The van der Waals surface area contributed by atoms with E-state index in [1.807, 2.05) is 58.0 Å². The number of ketones is 1. The number of aryl methyl sites for hydroxylation is 2. The van der Waals surface area contributed by atoms with Gasteiger partial charge in [-0.2, -0.15) is 29.8 Å². The Morgan fingerprint density at radius 3 is 1.90 bits per heavy atom. The number of unbranched alkanes of at least 4 members (excludes halogenated alkanes) is 3. The van der Waals surface area contributed by atoms with Gasteiger partial charge in [0.2, 0.25) is 5.69 Å². The second-order valence-corrected chi connectivity index (χ2v) is 22.7. The van der Waals surface area contributed by atoms with Crippen LogP contribution >= 0.6 is 0 Å². The molecule has 2 heterocycles. The largest absolute Gasteiger partial charge is 0.344 e. The summed E-state index contributed by atoms with van der Waals surface area (Å²) < 4.78 is 107. The Morgan fingerprint density at radius 1 is 0.762 bits per heavy atom. The first kappa shape index (κ1) is 48.2.